The quantitative estimate of drug-likeness (QED) is 0.254. The largest absolute Gasteiger partial charge is 0.378 e. The number of ether oxygens (including phenoxy) is 1. The van der Waals surface area contributed by atoms with E-state index in [0.29, 0.717) is 35.2 Å². The molecule has 3 aromatic heterocycles. The van der Waals surface area contributed by atoms with Crippen LogP contribution in [0.3, 0.4) is 0 Å². The van der Waals surface area contributed by atoms with E-state index in [1.165, 1.54) is 15.6 Å². The Morgan fingerprint density at radius 1 is 1.05 bits per heavy atom. The van der Waals surface area contributed by atoms with Crippen LogP contribution in [-0.2, 0) is 19.9 Å². The molecular weight excluding hydrogens is 552 g/mol. The predicted molar refractivity (Wildman–Crippen MR) is 155 cm³/mol. The summed E-state index contributed by atoms with van der Waals surface area (Å²) in [7, 11) is 0. The number of ketones is 1. The van der Waals surface area contributed by atoms with Crippen molar-refractivity contribution in [1.29, 1.82) is 0 Å². The Morgan fingerprint density at radius 3 is 2.64 bits per heavy atom. The normalized spacial score (nSPS) is 21.8. The molecule has 2 saturated heterocycles. The van der Waals surface area contributed by atoms with Gasteiger partial charge in [0, 0.05) is 36.3 Å². The van der Waals surface area contributed by atoms with Crippen molar-refractivity contribution in [2.45, 2.75) is 17.9 Å². The summed E-state index contributed by atoms with van der Waals surface area (Å²) in [6.07, 6.45) is 1.79. The van der Waals surface area contributed by atoms with Crippen molar-refractivity contribution >= 4 is 53.3 Å². The smallest absolute Gasteiger partial charge is 0.248 e. The van der Waals surface area contributed by atoms with Gasteiger partial charge in [-0.3, -0.25) is 13.9 Å². The Morgan fingerprint density at radius 2 is 1.87 bits per heavy atom. The first-order chi connectivity index (χ1) is 19.0. The van der Waals surface area contributed by atoms with E-state index in [1.807, 2.05) is 47.2 Å². The average molecular weight is 577 g/mol. The minimum atomic E-state index is -1.18. The number of hydrogen-bond acceptors (Lipinski definition) is 8. The maximum atomic E-state index is 13.9. The lowest BCUT2D eigenvalue weighted by Gasteiger charge is -2.45. The van der Waals surface area contributed by atoms with Crippen LogP contribution in [0.2, 0.25) is 5.02 Å². The predicted octanol–water partition coefficient (Wildman–Crippen LogP) is 5.37. The van der Waals surface area contributed by atoms with E-state index in [2.05, 4.69) is 9.88 Å². The van der Waals surface area contributed by atoms with E-state index >= 15 is 0 Å². The molecule has 2 unspecified atom stereocenters. The lowest BCUT2D eigenvalue weighted by molar-refractivity contribution is -0.142. The summed E-state index contributed by atoms with van der Waals surface area (Å²) in [5, 5.41) is 4.24. The number of halogens is 1. The highest BCUT2D eigenvalue weighted by Gasteiger charge is 2.53. The highest BCUT2D eigenvalue weighted by molar-refractivity contribution is 7.78. The zero-order valence-electron chi connectivity index (χ0n) is 20.9. The molecule has 39 heavy (non-hydrogen) atoms. The zero-order chi connectivity index (χ0) is 27.0. The fraction of sp³-hybridized carbons (Fsp3) is 0.241. The second-order valence-corrected chi connectivity index (χ2v) is 11.1. The van der Waals surface area contributed by atoms with Crippen molar-refractivity contribution in [2.75, 3.05) is 31.2 Å². The number of carbonyl (C=O) groups is 2. The number of pyridine rings is 2. The van der Waals surface area contributed by atoms with Gasteiger partial charge >= 0.3 is 0 Å². The number of piperidine rings is 1. The summed E-state index contributed by atoms with van der Waals surface area (Å²) in [5.74, 6) is -0.825. The third-order valence-corrected chi connectivity index (χ3v) is 8.90. The van der Waals surface area contributed by atoms with Crippen molar-refractivity contribution < 1.29 is 14.3 Å². The summed E-state index contributed by atoms with van der Waals surface area (Å²) in [6, 6.07) is 18.5. The Balaban J connectivity index is 1.42. The monoisotopic (exact) mass is 576 g/mol. The molecule has 0 bridgehead atoms. The van der Waals surface area contributed by atoms with Gasteiger partial charge in [0.25, 0.3) is 0 Å². The minimum absolute atomic E-state index is 0.0146. The number of rotatable bonds is 5. The maximum Gasteiger partial charge on any atom is 0.248 e. The first kappa shape index (κ1) is 26.0. The van der Waals surface area contributed by atoms with Crippen LogP contribution in [-0.4, -0.2) is 52.3 Å². The molecule has 0 aliphatic carbocycles. The van der Waals surface area contributed by atoms with E-state index in [9.17, 15) is 9.59 Å². The van der Waals surface area contributed by atoms with Crippen LogP contribution in [0.4, 0.5) is 5.82 Å². The van der Waals surface area contributed by atoms with Gasteiger partial charge < -0.3 is 9.64 Å². The second kappa shape index (κ2) is 10.7. The number of carbonyl (C=O) groups excluding carboxylic acids is 2. The summed E-state index contributed by atoms with van der Waals surface area (Å²) in [6.45, 7) is 2.88. The number of thiophene rings is 1. The molecule has 4 aromatic rings. The molecule has 2 atom stereocenters. The number of amides is 1. The van der Waals surface area contributed by atoms with Crippen molar-refractivity contribution in [3.8, 4) is 11.3 Å². The van der Waals surface area contributed by atoms with Crippen molar-refractivity contribution in [3.05, 3.63) is 99.5 Å². The standard InChI is InChI=1S/C29H25ClN4O3S2/c30-22-5-2-1-4-21(22)27-24(35)17-29(34(38)28(27)36,20-9-15-39-18-20)25-7-3-6-23(32-25)19-8-10-31-26(16-19)33-11-13-37-14-12-33/h1-10,15-16,18,27,38H,11-14,17H2. The van der Waals surface area contributed by atoms with E-state index in [0.717, 1.165) is 30.0 Å². The number of Topliss-reactive ketones (excluding diaryl/α,β-unsaturated/α-hetero) is 1. The molecule has 0 saturated carbocycles. The number of hydrogen-bond donors (Lipinski definition) is 1. The SMILES string of the molecule is O=C1CC(c2ccsc2)(c2cccc(-c3ccnc(N4CCOCC4)c3)n2)N(S)C(=O)C1c1ccccc1Cl. The average Bonchev–Trinajstić information content (AvgIpc) is 3.52. The van der Waals surface area contributed by atoms with Crippen LogP contribution >= 0.6 is 35.8 Å². The molecule has 2 aliphatic heterocycles. The van der Waals surface area contributed by atoms with Gasteiger partial charge in [0.05, 0.1) is 24.6 Å². The van der Waals surface area contributed by atoms with Gasteiger partial charge in [-0.25, -0.2) is 9.97 Å². The summed E-state index contributed by atoms with van der Waals surface area (Å²) >= 11 is 12.7. The lowest BCUT2D eigenvalue weighted by atomic mass is 9.74. The fourth-order valence-electron chi connectivity index (χ4n) is 5.33. The molecule has 1 aromatic carbocycles. The lowest BCUT2D eigenvalue weighted by Crippen LogP contribution is -2.54. The Labute approximate surface area is 241 Å². The number of benzene rings is 1. The minimum Gasteiger partial charge on any atom is -0.378 e. The Hall–Kier alpha value is -3.24. The van der Waals surface area contributed by atoms with E-state index in [1.54, 1.807) is 30.5 Å². The topological polar surface area (TPSA) is 75.6 Å². The molecule has 6 rings (SSSR count). The van der Waals surface area contributed by atoms with Gasteiger partial charge in [-0.15, -0.1) is 0 Å². The third-order valence-electron chi connectivity index (χ3n) is 7.33. The van der Waals surface area contributed by atoms with Crippen LogP contribution in [0, 0.1) is 0 Å². The molecule has 0 radical (unpaired) electrons. The van der Waals surface area contributed by atoms with Crippen LogP contribution in [0.25, 0.3) is 11.3 Å². The molecule has 0 spiro atoms. The van der Waals surface area contributed by atoms with E-state index in [4.69, 9.17) is 34.1 Å². The number of thiol groups is 1. The highest BCUT2D eigenvalue weighted by Crippen LogP contribution is 2.48. The second-order valence-electron chi connectivity index (χ2n) is 9.53. The van der Waals surface area contributed by atoms with E-state index < -0.39 is 17.4 Å². The molecule has 2 fully saturated rings. The van der Waals surface area contributed by atoms with Gasteiger partial charge in [-0.1, -0.05) is 48.7 Å². The first-order valence-corrected chi connectivity index (χ1v) is 14.3. The van der Waals surface area contributed by atoms with E-state index in [-0.39, 0.29) is 12.2 Å². The molecule has 198 valence electrons. The Bertz CT molecular complexity index is 1530. The van der Waals surface area contributed by atoms with Gasteiger partial charge in [0.2, 0.25) is 5.91 Å². The van der Waals surface area contributed by atoms with Crippen LogP contribution in [0.15, 0.2) is 77.6 Å². The molecule has 0 N–H and O–H groups in total. The van der Waals surface area contributed by atoms with Crippen LogP contribution in [0.5, 0.6) is 0 Å². The third kappa shape index (κ3) is 4.63. The molecular formula is C29H25ClN4O3S2. The highest BCUT2D eigenvalue weighted by atomic mass is 35.5. The molecule has 2 aliphatic rings. The van der Waals surface area contributed by atoms with Gasteiger partial charge in [0.15, 0.2) is 5.78 Å². The maximum absolute atomic E-state index is 13.9. The van der Waals surface area contributed by atoms with Crippen LogP contribution in [0.1, 0.15) is 29.2 Å². The molecule has 10 heteroatoms. The molecule has 5 heterocycles. The number of nitrogens with zero attached hydrogens (tertiary/aromatic N) is 4. The molecule has 1 amide bonds. The number of aromatic nitrogens is 2. The first-order valence-electron chi connectivity index (χ1n) is 12.6. The van der Waals surface area contributed by atoms with Crippen molar-refractivity contribution in [1.82, 2.24) is 14.3 Å². The summed E-state index contributed by atoms with van der Waals surface area (Å²) < 4.78 is 6.86. The van der Waals surface area contributed by atoms with Gasteiger partial charge in [-0.05, 0) is 58.3 Å². The molecule has 7 nitrogen and oxygen atoms in total. The Kier molecular flexibility index (Phi) is 7.16. The zero-order valence-corrected chi connectivity index (χ0v) is 23.3. The number of anilines is 1. The number of morpholine rings is 1. The summed E-state index contributed by atoms with van der Waals surface area (Å²) in [5.41, 5.74) is 2.27. The van der Waals surface area contributed by atoms with Gasteiger partial charge in [-0.2, -0.15) is 11.3 Å². The fourth-order valence-corrected chi connectivity index (χ4v) is 6.71. The summed E-state index contributed by atoms with van der Waals surface area (Å²) in [4.78, 5) is 39.4. The van der Waals surface area contributed by atoms with Crippen molar-refractivity contribution in [3.63, 3.8) is 0 Å². The van der Waals surface area contributed by atoms with Crippen LogP contribution < -0.4 is 4.90 Å². The van der Waals surface area contributed by atoms with Gasteiger partial charge in [0.1, 0.15) is 17.3 Å². The van der Waals surface area contributed by atoms with Crippen molar-refractivity contribution in [2.24, 2.45) is 0 Å².